The zero-order valence-electron chi connectivity index (χ0n) is 8.92. The molecule has 0 saturated carbocycles. The summed E-state index contributed by atoms with van der Waals surface area (Å²) >= 11 is 8.78. The summed E-state index contributed by atoms with van der Waals surface area (Å²) in [7, 11) is 0. The highest BCUT2D eigenvalue weighted by atomic mass is 79.9. The van der Waals surface area contributed by atoms with Gasteiger partial charge in [-0.2, -0.15) is 4.98 Å². The van der Waals surface area contributed by atoms with E-state index >= 15 is 0 Å². The van der Waals surface area contributed by atoms with Crippen LogP contribution in [0.15, 0.2) is 28.9 Å². The zero-order valence-corrected chi connectivity index (χ0v) is 11.3. The molecule has 7 heteroatoms. The predicted molar refractivity (Wildman–Crippen MR) is 68.4 cm³/mol. The van der Waals surface area contributed by atoms with Crippen LogP contribution in [0, 0.1) is 11.6 Å². The smallest absolute Gasteiger partial charge is 0.224 e. The van der Waals surface area contributed by atoms with Crippen molar-refractivity contribution < 1.29 is 8.78 Å². The minimum Gasteiger partial charge on any atom is -0.363 e. The fourth-order valence-corrected chi connectivity index (χ4v) is 1.87. The average molecular weight is 335 g/mol. The highest BCUT2D eigenvalue weighted by Gasteiger charge is 2.07. The third kappa shape index (κ3) is 3.14. The first-order chi connectivity index (χ1) is 8.56. The number of hydrogen-bond donors (Lipinski definition) is 1. The molecule has 0 amide bonds. The van der Waals surface area contributed by atoms with Crippen molar-refractivity contribution in [3.05, 3.63) is 51.4 Å². The quantitative estimate of drug-likeness (QED) is 0.868. The number of rotatable bonds is 3. The summed E-state index contributed by atoms with van der Waals surface area (Å²) in [5.41, 5.74) is 0.388. The van der Waals surface area contributed by atoms with E-state index in [-0.39, 0.29) is 23.5 Å². The van der Waals surface area contributed by atoms with E-state index in [2.05, 4.69) is 31.2 Å². The molecule has 2 aromatic rings. The third-order valence-corrected chi connectivity index (χ3v) is 2.84. The average Bonchev–Trinajstić information content (AvgIpc) is 2.34. The number of benzene rings is 1. The number of halogens is 4. The van der Waals surface area contributed by atoms with Crippen molar-refractivity contribution >= 4 is 33.3 Å². The lowest BCUT2D eigenvalue weighted by Gasteiger charge is -2.07. The molecule has 2 rings (SSSR count). The molecule has 0 aliphatic carbocycles. The molecule has 3 nitrogen and oxygen atoms in total. The Morgan fingerprint density at radius 2 is 2.06 bits per heavy atom. The van der Waals surface area contributed by atoms with Gasteiger partial charge in [0, 0.05) is 16.6 Å². The first kappa shape index (κ1) is 13.2. The molecular formula is C11H7BrClF2N3. The Morgan fingerprint density at radius 3 is 2.83 bits per heavy atom. The van der Waals surface area contributed by atoms with Crippen LogP contribution in [0.5, 0.6) is 0 Å². The molecule has 1 aromatic carbocycles. The van der Waals surface area contributed by atoms with Gasteiger partial charge in [-0.3, -0.25) is 0 Å². The third-order valence-electron chi connectivity index (χ3n) is 2.17. The van der Waals surface area contributed by atoms with Crippen LogP contribution in [0.3, 0.4) is 0 Å². The van der Waals surface area contributed by atoms with Gasteiger partial charge < -0.3 is 5.32 Å². The fraction of sp³-hybridized carbons (Fsp3) is 0.0909. The standard InChI is InChI=1S/C11H7BrClF2N3/c12-7-1-2-8(14)6(3-7)4-16-10-9(15)5-17-11(13)18-10/h1-3,5H,4H2,(H,16,17,18). The molecule has 0 fully saturated rings. The van der Waals surface area contributed by atoms with Crippen molar-refractivity contribution in [2.75, 3.05) is 5.32 Å². The normalized spacial score (nSPS) is 10.4. The molecule has 1 aromatic heterocycles. The molecule has 1 heterocycles. The highest BCUT2D eigenvalue weighted by Crippen LogP contribution is 2.18. The summed E-state index contributed by atoms with van der Waals surface area (Å²) in [5, 5.41) is 2.59. The second-order valence-corrected chi connectivity index (χ2v) is 4.68. The summed E-state index contributed by atoms with van der Waals surface area (Å²) in [6.45, 7) is 0.0928. The van der Waals surface area contributed by atoms with E-state index in [9.17, 15) is 8.78 Å². The van der Waals surface area contributed by atoms with E-state index in [1.54, 1.807) is 12.1 Å². The highest BCUT2D eigenvalue weighted by molar-refractivity contribution is 9.10. The minimum atomic E-state index is -0.644. The van der Waals surface area contributed by atoms with Crippen molar-refractivity contribution in [3.63, 3.8) is 0 Å². The van der Waals surface area contributed by atoms with Crippen molar-refractivity contribution in [3.8, 4) is 0 Å². The molecule has 0 atom stereocenters. The zero-order chi connectivity index (χ0) is 13.1. The van der Waals surface area contributed by atoms with Crippen molar-refractivity contribution in [1.29, 1.82) is 0 Å². The predicted octanol–water partition coefficient (Wildman–Crippen LogP) is 3.78. The molecule has 0 spiro atoms. The van der Waals surface area contributed by atoms with Crippen LogP contribution in [-0.2, 0) is 6.54 Å². The van der Waals surface area contributed by atoms with Crippen LogP contribution in [0.4, 0.5) is 14.6 Å². The van der Waals surface area contributed by atoms with Gasteiger partial charge in [-0.15, -0.1) is 0 Å². The molecular weight excluding hydrogens is 327 g/mol. The maximum Gasteiger partial charge on any atom is 0.224 e. The summed E-state index contributed by atoms with van der Waals surface area (Å²) in [6.07, 6.45) is 0.953. The van der Waals surface area contributed by atoms with E-state index in [1.165, 1.54) is 6.07 Å². The lowest BCUT2D eigenvalue weighted by Crippen LogP contribution is -2.06. The molecule has 0 radical (unpaired) electrons. The Morgan fingerprint density at radius 1 is 1.28 bits per heavy atom. The van der Waals surface area contributed by atoms with Crippen LogP contribution in [0.2, 0.25) is 5.28 Å². The van der Waals surface area contributed by atoms with Crippen LogP contribution < -0.4 is 5.32 Å². The van der Waals surface area contributed by atoms with Crippen LogP contribution in [0.1, 0.15) is 5.56 Å². The Kier molecular flexibility index (Phi) is 4.08. The monoisotopic (exact) mass is 333 g/mol. The lowest BCUT2D eigenvalue weighted by atomic mass is 10.2. The Labute approximate surface area is 115 Å². The van der Waals surface area contributed by atoms with Crippen LogP contribution >= 0.6 is 27.5 Å². The number of aromatic nitrogens is 2. The molecule has 0 bridgehead atoms. The van der Waals surface area contributed by atoms with Gasteiger partial charge in [-0.25, -0.2) is 13.8 Å². The molecule has 1 N–H and O–H groups in total. The van der Waals surface area contributed by atoms with Gasteiger partial charge in [0.25, 0.3) is 0 Å². The topological polar surface area (TPSA) is 37.8 Å². The summed E-state index contributed by atoms with van der Waals surface area (Å²) < 4.78 is 27.5. The van der Waals surface area contributed by atoms with Gasteiger partial charge in [-0.1, -0.05) is 15.9 Å². The summed E-state index contributed by atoms with van der Waals surface area (Å²) in [5.74, 6) is -1.09. The van der Waals surface area contributed by atoms with Gasteiger partial charge in [0.05, 0.1) is 6.20 Å². The van der Waals surface area contributed by atoms with Crippen molar-refractivity contribution in [2.24, 2.45) is 0 Å². The van der Waals surface area contributed by atoms with E-state index in [4.69, 9.17) is 11.6 Å². The molecule has 0 aliphatic heterocycles. The van der Waals surface area contributed by atoms with Crippen molar-refractivity contribution in [1.82, 2.24) is 9.97 Å². The molecule has 0 aliphatic rings. The van der Waals surface area contributed by atoms with E-state index in [0.717, 1.165) is 10.7 Å². The molecule has 94 valence electrons. The van der Waals surface area contributed by atoms with Gasteiger partial charge in [-0.05, 0) is 29.8 Å². The van der Waals surface area contributed by atoms with Gasteiger partial charge in [0.2, 0.25) is 5.28 Å². The first-order valence-electron chi connectivity index (χ1n) is 4.92. The summed E-state index contributed by atoms with van der Waals surface area (Å²) in [4.78, 5) is 7.16. The van der Waals surface area contributed by atoms with E-state index in [1.807, 2.05) is 0 Å². The van der Waals surface area contributed by atoms with Gasteiger partial charge in [0.15, 0.2) is 11.6 Å². The Bertz CT molecular complexity index is 529. The SMILES string of the molecule is Fc1ccc(Br)cc1CNc1nc(Cl)ncc1F. The summed E-state index contributed by atoms with van der Waals surface area (Å²) in [6, 6.07) is 4.51. The fourth-order valence-electron chi connectivity index (χ4n) is 1.33. The van der Waals surface area contributed by atoms with Gasteiger partial charge in [0.1, 0.15) is 5.82 Å². The number of nitrogens with zero attached hydrogens (tertiary/aromatic N) is 2. The Balaban J connectivity index is 2.16. The second kappa shape index (κ2) is 5.58. The molecule has 18 heavy (non-hydrogen) atoms. The second-order valence-electron chi connectivity index (χ2n) is 3.42. The van der Waals surface area contributed by atoms with E-state index in [0.29, 0.717) is 5.56 Å². The minimum absolute atomic E-state index is 0.0608. The largest absolute Gasteiger partial charge is 0.363 e. The first-order valence-corrected chi connectivity index (χ1v) is 6.09. The van der Waals surface area contributed by atoms with Crippen molar-refractivity contribution in [2.45, 2.75) is 6.54 Å². The van der Waals surface area contributed by atoms with Crippen LogP contribution in [0.25, 0.3) is 0 Å². The number of anilines is 1. The van der Waals surface area contributed by atoms with Crippen LogP contribution in [-0.4, -0.2) is 9.97 Å². The molecule has 0 saturated heterocycles. The molecule has 0 unspecified atom stereocenters. The number of nitrogens with one attached hydrogen (secondary N) is 1. The maximum absolute atomic E-state index is 13.4. The lowest BCUT2D eigenvalue weighted by molar-refractivity contribution is 0.606. The number of hydrogen-bond acceptors (Lipinski definition) is 3. The van der Waals surface area contributed by atoms with Gasteiger partial charge >= 0.3 is 0 Å². The maximum atomic E-state index is 13.4. The Hall–Kier alpha value is -1.27. The van der Waals surface area contributed by atoms with E-state index < -0.39 is 5.82 Å².